The lowest BCUT2D eigenvalue weighted by Gasteiger charge is -2.32. The molecule has 1 saturated heterocycles. The van der Waals surface area contributed by atoms with Gasteiger partial charge in [0, 0.05) is 56.7 Å². The van der Waals surface area contributed by atoms with E-state index in [9.17, 15) is 0 Å². The van der Waals surface area contributed by atoms with Crippen LogP contribution >= 0.6 is 22.9 Å². The average Bonchev–Trinajstić information content (AvgIpc) is 3.22. The van der Waals surface area contributed by atoms with Crippen LogP contribution in [-0.4, -0.2) is 65.0 Å². The maximum absolute atomic E-state index is 6.02. The van der Waals surface area contributed by atoms with Crippen molar-refractivity contribution in [3.05, 3.63) is 65.3 Å². The van der Waals surface area contributed by atoms with Gasteiger partial charge in [-0.1, -0.05) is 22.9 Å². The number of thiazole rings is 1. The van der Waals surface area contributed by atoms with Crippen molar-refractivity contribution < 1.29 is 0 Å². The molecule has 33 heavy (non-hydrogen) atoms. The van der Waals surface area contributed by atoms with Crippen LogP contribution in [0.15, 0.2) is 54.7 Å². The molecule has 0 aliphatic carbocycles. The third-order valence-corrected chi connectivity index (χ3v) is 6.99. The molecule has 1 aliphatic rings. The second-order valence-corrected chi connectivity index (χ2v) is 9.72. The van der Waals surface area contributed by atoms with Crippen LogP contribution in [0.5, 0.6) is 0 Å². The van der Waals surface area contributed by atoms with Crippen LogP contribution in [-0.2, 0) is 6.54 Å². The third-order valence-electron chi connectivity index (χ3n) is 5.86. The monoisotopic (exact) mass is 479 g/mol. The Bertz CT molecular complexity index is 1240. The van der Waals surface area contributed by atoms with E-state index in [1.54, 1.807) is 0 Å². The molecule has 0 amide bonds. The summed E-state index contributed by atoms with van der Waals surface area (Å²) in [5.74, 6) is 1.66. The second kappa shape index (κ2) is 9.61. The van der Waals surface area contributed by atoms with Gasteiger partial charge in [-0.05, 0) is 61.1 Å². The number of likely N-dealkylation sites (N-methyl/N-ethyl adjacent to an activating group) is 1. The van der Waals surface area contributed by atoms with Crippen molar-refractivity contribution in [3.8, 4) is 0 Å². The Labute approximate surface area is 202 Å². The lowest BCUT2D eigenvalue weighted by atomic mass is 10.2. The summed E-state index contributed by atoms with van der Waals surface area (Å²) < 4.78 is 0. The van der Waals surface area contributed by atoms with Gasteiger partial charge in [0.1, 0.15) is 22.0 Å². The number of nitrogens with zero attached hydrogens (tertiary/aromatic N) is 6. The maximum Gasteiger partial charge on any atom is 0.190 e. The Morgan fingerprint density at radius 2 is 1.82 bits per heavy atom. The largest absolute Gasteiger partial charge is 0.329 e. The molecule has 3 aromatic heterocycles. The number of halogens is 1. The Balaban J connectivity index is 1.30. The van der Waals surface area contributed by atoms with Gasteiger partial charge in [0.25, 0.3) is 0 Å². The van der Waals surface area contributed by atoms with Crippen LogP contribution in [0.25, 0.3) is 10.3 Å². The molecule has 1 aliphatic heterocycles. The highest BCUT2D eigenvalue weighted by atomic mass is 35.5. The molecule has 1 aromatic carbocycles. The number of anilines is 4. The summed E-state index contributed by atoms with van der Waals surface area (Å²) >= 11 is 7.54. The minimum atomic E-state index is 0.718. The molecule has 0 spiro atoms. The first kappa shape index (κ1) is 22.0. The Kier molecular flexibility index (Phi) is 6.41. The van der Waals surface area contributed by atoms with Gasteiger partial charge in [0.15, 0.2) is 5.13 Å². The quantitative estimate of drug-likeness (QED) is 0.417. The summed E-state index contributed by atoms with van der Waals surface area (Å²) in [7, 11) is 4.17. The SMILES string of the molecule is CN1CCN(Cc2ccnc(Nc3nc4ccc(N(C)c5ccc(Cl)cc5)nc4s3)c2)CC1. The zero-order valence-corrected chi connectivity index (χ0v) is 20.3. The van der Waals surface area contributed by atoms with Crippen molar-refractivity contribution in [2.24, 2.45) is 0 Å². The molecule has 0 unspecified atom stereocenters. The fraction of sp³-hybridized carbons (Fsp3) is 0.292. The van der Waals surface area contributed by atoms with Gasteiger partial charge in [0.05, 0.1) is 0 Å². The summed E-state index contributed by atoms with van der Waals surface area (Å²) in [6.07, 6.45) is 1.86. The van der Waals surface area contributed by atoms with Gasteiger partial charge < -0.3 is 15.1 Å². The third kappa shape index (κ3) is 5.25. The van der Waals surface area contributed by atoms with Gasteiger partial charge in [-0.15, -0.1) is 0 Å². The molecule has 5 rings (SSSR count). The van der Waals surface area contributed by atoms with E-state index >= 15 is 0 Å². The van der Waals surface area contributed by atoms with Crippen LogP contribution in [0.4, 0.5) is 22.5 Å². The highest BCUT2D eigenvalue weighted by Gasteiger charge is 2.15. The molecule has 7 nitrogen and oxygen atoms in total. The minimum Gasteiger partial charge on any atom is -0.329 e. The fourth-order valence-corrected chi connectivity index (χ4v) is 4.83. The first-order valence-electron chi connectivity index (χ1n) is 10.9. The lowest BCUT2D eigenvalue weighted by molar-refractivity contribution is 0.148. The van der Waals surface area contributed by atoms with Crippen LogP contribution < -0.4 is 10.2 Å². The molecule has 170 valence electrons. The zero-order valence-electron chi connectivity index (χ0n) is 18.7. The van der Waals surface area contributed by atoms with Gasteiger partial charge in [-0.2, -0.15) is 0 Å². The van der Waals surface area contributed by atoms with Crippen molar-refractivity contribution in [2.75, 3.05) is 50.5 Å². The van der Waals surface area contributed by atoms with Gasteiger partial charge >= 0.3 is 0 Å². The van der Waals surface area contributed by atoms with E-state index in [1.807, 2.05) is 54.5 Å². The minimum absolute atomic E-state index is 0.718. The number of rotatable bonds is 6. The number of nitrogens with one attached hydrogen (secondary N) is 1. The summed E-state index contributed by atoms with van der Waals surface area (Å²) in [5.41, 5.74) is 3.14. The normalized spacial score (nSPS) is 15.1. The van der Waals surface area contributed by atoms with Crippen molar-refractivity contribution in [1.29, 1.82) is 0 Å². The van der Waals surface area contributed by atoms with Gasteiger partial charge in [-0.3, -0.25) is 4.90 Å². The smallest absolute Gasteiger partial charge is 0.190 e. The van der Waals surface area contributed by atoms with E-state index in [0.29, 0.717) is 0 Å². The predicted molar refractivity (Wildman–Crippen MR) is 137 cm³/mol. The molecular weight excluding hydrogens is 454 g/mol. The molecule has 4 aromatic rings. The summed E-state index contributed by atoms with van der Waals surface area (Å²) in [5, 5.41) is 4.87. The molecule has 0 radical (unpaired) electrons. The lowest BCUT2D eigenvalue weighted by Crippen LogP contribution is -2.43. The molecule has 0 bridgehead atoms. The second-order valence-electron chi connectivity index (χ2n) is 8.30. The molecule has 9 heteroatoms. The first-order valence-corrected chi connectivity index (χ1v) is 12.1. The van der Waals surface area contributed by atoms with E-state index in [-0.39, 0.29) is 0 Å². The average molecular weight is 480 g/mol. The number of aromatic nitrogens is 3. The number of hydrogen-bond acceptors (Lipinski definition) is 8. The van der Waals surface area contributed by atoms with E-state index in [4.69, 9.17) is 21.6 Å². The first-order chi connectivity index (χ1) is 16.0. The Morgan fingerprint density at radius 1 is 1.03 bits per heavy atom. The van der Waals surface area contributed by atoms with Crippen LogP contribution in [0, 0.1) is 0 Å². The number of pyridine rings is 2. The van der Waals surface area contributed by atoms with Crippen molar-refractivity contribution in [1.82, 2.24) is 24.8 Å². The van der Waals surface area contributed by atoms with Crippen molar-refractivity contribution in [2.45, 2.75) is 6.54 Å². The van der Waals surface area contributed by atoms with E-state index in [2.05, 4.69) is 39.3 Å². The zero-order chi connectivity index (χ0) is 22.8. The van der Waals surface area contributed by atoms with Crippen LogP contribution in [0.3, 0.4) is 0 Å². The van der Waals surface area contributed by atoms with E-state index in [0.717, 1.165) is 70.5 Å². The van der Waals surface area contributed by atoms with E-state index < -0.39 is 0 Å². The highest BCUT2D eigenvalue weighted by Crippen LogP contribution is 2.30. The van der Waals surface area contributed by atoms with Gasteiger partial charge in [0.2, 0.25) is 0 Å². The summed E-state index contributed by atoms with van der Waals surface area (Å²) in [4.78, 5) is 21.8. The number of fused-ring (bicyclic) bond motifs is 1. The van der Waals surface area contributed by atoms with Crippen LogP contribution in [0.1, 0.15) is 5.56 Å². The van der Waals surface area contributed by atoms with Gasteiger partial charge in [-0.25, -0.2) is 15.0 Å². The molecule has 1 N–H and O–H groups in total. The van der Waals surface area contributed by atoms with E-state index in [1.165, 1.54) is 16.9 Å². The molecule has 4 heterocycles. The summed E-state index contributed by atoms with van der Waals surface area (Å²) in [6.45, 7) is 5.36. The van der Waals surface area contributed by atoms with Crippen molar-refractivity contribution >= 4 is 55.7 Å². The molecular formula is C24H26ClN7S. The topological polar surface area (TPSA) is 60.4 Å². The predicted octanol–water partition coefficient (Wildman–Crippen LogP) is 5.00. The fourth-order valence-electron chi connectivity index (χ4n) is 3.86. The maximum atomic E-state index is 6.02. The number of hydrogen-bond donors (Lipinski definition) is 1. The molecule has 1 fully saturated rings. The standard InChI is InChI=1S/C24H26ClN7S/c1-30-11-13-32(14-12-30)16-17-9-10-26-21(15-17)28-24-27-20-7-8-22(29-23(20)33-24)31(2)19-5-3-18(25)4-6-19/h3-10,15H,11-14,16H2,1-2H3,(H,26,27,28). The molecule has 0 atom stereocenters. The highest BCUT2D eigenvalue weighted by molar-refractivity contribution is 7.21. The molecule has 0 saturated carbocycles. The van der Waals surface area contributed by atoms with Crippen molar-refractivity contribution in [3.63, 3.8) is 0 Å². The number of piperazine rings is 1. The number of benzene rings is 1. The Morgan fingerprint density at radius 3 is 2.61 bits per heavy atom. The Hall–Kier alpha value is -2.78. The summed E-state index contributed by atoms with van der Waals surface area (Å²) in [6, 6.07) is 15.9. The van der Waals surface area contributed by atoms with Crippen LogP contribution in [0.2, 0.25) is 5.02 Å².